The molecule has 1 aromatic heterocycles. The van der Waals surface area contributed by atoms with Crippen LogP contribution in [0, 0.1) is 11.3 Å². The molecule has 0 radical (unpaired) electrons. The van der Waals surface area contributed by atoms with Gasteiger partial charge in [0.25, 0.3) is 0 Å². The number of pyridine rings is 1. The second kappa shape index (κ2) is 5.41. The molecule has 2 heterocycles. The SMILES string of the molecule is CC1CC(Nc2nc3c(cc2C#N)CCC3)CCN1C. The van der Waals surface area contributed by atoms with Gasteiger partial charge in [-0.3, -0.25) is 0 Å². The predicted octanol–water partition coefficient (Wildman–Crippen LogP) is 2.34. The number of hydrogen-bond acceptors (Lipinski definition) is 4. The lowest BCUT2D eigenvalue weighted by Gasteiger charge is -2.35. The van der Waals surface area contributed by atoms with Gasteiger partial charge >= 0.3 is 0 Å². The van der Waals surface area contributed by atoms with E-state index in [1.54, 1.807) is 0 Å². The van der Waals surface area contributed by atoms with Gasteiger partial charge in [0.15, 0.2) is 0 Å². The number of nitrogens with one attached hydrogen (secondary N) is 1. The van der Waals surface area contributed by atoms with Crippen LogP contribution in [0.5, 0.6) is 0 Å². The molecule has 20 heavy (non-hydrogen) atoms. The molecule has 2 aliphatic rings. The Morgan fingerprint density at radius 2 is 2.30 bits per heavy atom. The van der Waals surface area contributed by atoms with Crippen molar-refractivity contribution in [2.75, 3.05) is 18.9 Å². The number of likely N-dealkylation sites (tertiary alicyclic amines) is 1. The highest BCUT2D eigenvalue weighted by Gasteiger charge is 2.24. The number of anilines is 1. The summed E-state index contributed by atoms with van der Waals surface area (Å²) in [6, 6.07) is 5.35. The Morgan fingerprint density at radius 1 is 1.45 bits per heavy atom. The maximum Gasteiger partial charge on any atom is 0.144 e. The quantitative estimate of drug-likeness (QED) is 0.896. The molecule has 1 aromatic rings. The van der Waals surface area contributed by atoms with Crippen molar-refractivity contribution in [1.82, 2.24) is 9.88 Å². The van der Waals surface area contributed by atoms with Gasteiger partial charge in [-0.2, -0.15) is 5.26 Å². The van der Waals surface area contributed by atoms with Crippen molar-refractivity contribution < 1.29 is 0 Å². The van der Waals surface area contributed by atoms with Gasteiger partial charge in [-0.05, 0) is 57.7 Å². The van der Waals surface area contributed by atoms with Crippen LogP contribution < -0.4 is 5.32 Å². The van der Waals surface area contributed by atoms with Crippen LogP contribution in [0.4, 0.5) is 5.82 Å². The molecule has 1 aliphatic heterocycles. The normalized spacial score (nSPS) is 26.1. The number of nitriles is 1. The fourth-order valence-electron chi connectivity index (χ4n) is 3.28. The van der Waals surface area contributed by atoms with Crippen molar-refractivity contribution in [2.45, 2.75) is 51.1 Å². The van der Waals surface area contributed by atoms with Gasteiger partial charge in [-0.1, -0.05) is 0 Å². The van der Waals surface area contributed by atoms with Gasteiger partial charge in [0.05, 0.1) is 5.56 Å². The number of hydrogen-bond donors (Lipinski definition) is 1. The van der Waals surface area contributed by atoms with E-state index in [-0.39, 0.29) is 0 Å². The number of fused-ring (bicyclic) bond motifs is 1. The van der Waals surface area contributed by atoms with E-state index in [1.807, 2.05) is 6.07 Å². The third-order valence-electron chi connectivity index (χ3n) is 4.72. The highest BCUT2D eigenvalue weighted by Crippen LogP contribution is 2.27. The minimum absolute atomic E-state index is 0.431. The van der Waals surface area contributed by atoms with E-state index in [0.717, 1.165) is 38.0 Å². The molecule has 1 aliphatic carbocycles. The Morgan fingerprint density at radius 3 is 3.05 bits per heavy atom. The van der Waals surface area contributed by atoms with E-state index < -0.39 is 0 Å². The number of piperidine rings is 1. The molecule has 1 fully saturated rings. The molecule has 0 saturated carbocycles. The minimum atomic E-state index is 0.431. The van der Waals surface area contributed by atoms with Gasteiger partial charge in [0.1, 0.15) is 11.9 Å². The Hall–Kier alpha value is -1.60. The summed E-state index contributed by atoms with van der Waals surface area (Å²) in [6.45, 7) is 3.36. The molecule has 0 amide bonds. The van der Waals surface area contributed by atoms with Crippen molar-refractivity contribution in [3.63, 3.8) is 0 Å². The fraction of sp³-hybridized carbons (Fsp3) is 0.625. The number of aromatic nitrogens is 1. The van der Waals surface area contributed by atoms with Crippen LogP contribution in [-0.2, 0) is 12.8 Å². The fourth-order valence-corrected chi connectivity index (χ4v) is 3.28. The first-order valence-electron chi connectivity index (χ1n) is 7.57. The van der Waals surface area contributed by atoms with E-state index in [1.165, 1.54) is 17.7 Å². The second-order valence-electron chi connectivity index (χ2n) is 6.15. The average Bonchev–Trinajstić information content (AvgIpc) is 2.89. The molecule has 4 heteroatoms. The van der Waals surface area contributed by atoms with Gasteiger partial charge < -0.3 is 10.2 Å². The van der Waals surface area contributed by atoms with Crippen LogP contribution in [0.2, 0.25) is 0 Å². The van der Waals surface area contributed by atoms with Crippen molar-refractivity contribution in [3.05, 3.63) is 22.9 Å². The topological polar surface area (TPSA) is 52.0 Å². The molecular weight excluding hydrogens is 248 g/mol. The lowest BCUT2D eigenvalue weighted by molar-refractivity contribution is 0.190. The summed E-state index contributed by atoms with van der Waals surface area (Å²) in [5.41, 5.74) is 3.16. The zero-order valence-electron chi connectivity index (χ0n) is 12.3. The largest absolute Gasteiger partial charge is 0.366 e. The molecule has 2 unspecified atom stereocenters. The molecule has 0 spiro atoms. The molecule has 0 aromatic carbocycles. The van der Waals surface area contributed by atoms with Gasteiger partial charge in [0, 0.05) is 24.3 Å². The average molecular weight is 270 g/mol. The summed E-state index contributed by atoms with van der Waals surface area (Å²) in [5.74, 6) is 0.801. The molecule has 3 rings (SSSR count). The molecule has 1 saturated heterocycles. The van der Waals surface area contributed by atoms with E-state index in [0.29, 0.717) is 17.6 Å². The van der Waals surface area contributed by atoms with Crippen LogP contribution in [0.25, 0.3) is 0 Å². The number of nitrogens with zero attached hydrogens (tertiary/aromatic N) is 3. The maximum atomic E-state index is 9.33. The Balaban J connectivity index is 1.79. The molecular formula is C16H22N4. The summed E-state index contributed by atoms with van der Waals surface area (Å²) in [5, 5.41) is 12.9. The van der Waals surface area contributed by atoms with Crippen LogP contribution in [-0.4, -0.2) is 35.6 Å². The third-order valence-corrected chi connectivity index (χ3v) is 4.72. The van der Waals surface area contributed by atoms with E-state index in [2.05, 4.69) is 30.3 Å². The highest BCUT2D eigenvalue weighted by molar-refractivity contribution is 5.55. The van der Waals surface area contributed by atoms with Gasteiger partial charge in [-0.25, -0.2) is 4.98 Å². The number of rotatable bonds is 2. The molecule has 2 atom stereocenters. The monoisotopic (exact) mass is 270 g/mol. The zero-order chi connectivity index (χ0) is 14.1. The standard InChI is InChI=1S/C16H22N4/c1-11-8-14(6-7-20(11)2)18-16-13(10-17)9-12-4-3-5-15(12)19-16/h9,11,14H,3-8H2,1-2H3,(H,18,19). The van der Waals surface area contributed by atoms with E-state index in [4.69, 9.17) is 4.98 Å². The van der Waals surface area contributed by atoms with Crippen molar-refractivity contribution in [1.29, 1.82) is 5.26 Å². The summed E-state index contributed by atoms with van der Waals surface area (Å²) in [4.78, 5) is 7.10. The summed E-state index contributed by atoms with van der Waals surface area (Å²) in [6.07, 6.45) is 5.52. The number of aryl methyl sites for hydroxylation is 2. The van der Waals surface area contributed by atoms with Crippen LogP contribution >= 0.6 is 0 Å². The third kappa shape index (κ3) is 2.51. The van der Waals surface area contributed by atoms with Crippen LogP contribution in [0.15, 0.2) is 6.07 Å². The van der Waals surface area contributed by atoms with Crippen molar-refractivity contribution in [3.8, 4) is 6.07 Å². The molecule has 0 bridgehead atoms. The Bertz CT molecular complexity index is 546. The first-order valence-corrected chi connectivity index (χ1v) is 7.57. The van der Waals surface area contributed by atoms with Crippen molar-refractivity contribution in [2.24, 2.45) is 0 Å². The van der Waals surface area contributed by atoms with E-state index in [9.17, 15) is 5.26 Å². The summed E-state index contributed by atoms with van der Waals surface area (Å²) >= 11 is 0. The van der Waals surface area contributed by atoms with E-state index >= 15 is 0 Å². The summed E-state index contributed by atoms with van der Waals surface area (Å²) in [7, 11) is 2.18. The Kier molecular flexibility index (Phi) is 3.62. The molecule has 106 valence electrons. The lowest BCUT2D eigenvalue weighted by atomic mass is 9.98. The van der Waals surface area contributed by atoms with Crippen molar-refractivity contribution >= 4 is 5.82 Å². The maximum absolute atomic E-state index is 9.33. The summed E-state index contributed by atoms with van der Waals surface area (Å²) < 4.78 is 0. The second-order valence-corrected chi connectivity index (χ2v) is 6.15. The van der Waals surface area contributed by atoms with Crippen LogP contribution in [0.3, 0.4) is 0 Å². The first kappa shape index (κ1) is 13.4. The Labute approximate surface area is 120 Å². The zero-order valence-corrected chi connectivity index (χ0v) is 12.3. The predicted molar refractivity (Wildman–Crippen MR) is 79.7 cm³/mol. The molecule has 4 nitrogen and oxygen atoms in total. The van der Waals surface area contributed by atoms with Gasteiger partial charge in [-0.15, -0.1) is 0 Å². The minimum Gasteiger partial charge on any atom is -0.366 e. The van der Waals surface area contributed by atoms with Crippen LogP contribution in [0.1, 0.15) is 43.0 Å². The highest BCUT2D eigenvalue weighted by atomic mass is 15.2. The smallest absolute Gasteiger partial charge is 0.144 e. The molecule has 1 N–H and O–H groups in total. The first-order chi connectivity index (χ1) is 9.67. The lowest BCUT2D eigenvalue weighted by Crippen LogP contribution is -2.42. The van der Waals surface area contributed by atoms with Gasteiger partial charge in [0.2, 0.25) is 0 Å².